The molecule has 1 aromatic rings. The Bertz CT molecular complexity index is 309. The van der Waals surface area contributed by atoms with Crippen LogP contribution >= 0.6 is 0 Å². The molecule has 0 saturated carbocycles. The second-order valence-corrected chi connectivity index (χ2v) is 2.47. The summed E-state index contributed by atoms with van der Waals surface area (Å²) in [6, 6.07) is 8.55. The van der Waals surface area contributed by atoms with E-state index in [1.165, 1.54) is 0 Å². The van der Waals surface area contributed by atoms with Crippen LogP contribution in [0.5, 0.6) is 0 Å². The van der Waals surface area contributed by atoms with E-state index in [-0.39, 0.29) is 12.5 Å². The summed E-state index contributed by atoms with van der Waals surface area (Å²) in [6.45, 7) is -0.242. The lowest BCUT2D eigenvalue weighted by Crippen LogP contribution is -2.29. The number of benzene rings is 1. The van der Waals surface area contributed by atoms with Crippen LogP contribution in [0, 0.1) is 0 Å². The van der Waals surface area contributed by atoms with Gasteiger partial charge in [0.1, 0.15) is 0 Å². The highest BCUT2D eigenvalue weighted by Crippen LogP contribution is 1.96. The standard InChI is InChI=1S/C9H9N2O2/c10-8(12)6-11-9(13)7-4-2-1-3-5-7/h1-5,10H,6H2,(H,11,13). The number of carbonyl (C=O) groups is 2. The Kier molecular flexibility index (Phi) is 3.03. The first-order valence-electron chi connectivity index (χ1n) is 3.78. The van der Waals surface area contributed by atoms with E-state index >= 15 is 0 Å². The van der Waals surface area contributed by atoms with Crippen molar-refractivity contribution in [3.05, 3.63) is 35.9 Å². The Morgan fingerprint density at radius 1 is 1.23 bits per heavy atom. The molecule has 2 amide bonds. The van der Waals surface area contributed by atoms with E-state index in [1.54, 1.807) is 30.3 Å². The third kappa shape index (κ3) is 2.94. The zero-order valence-electron chi connectivity index (χ0n) is 6.91. The number of rotatable bonds is 3. The average molecular weight is 177 g/mol. The van der Waals surface area contributed by atoms with Crippen molar-refractivity contribution < 1.29 is 9.59 Å². The highest BCUT2D eigenvalue weighted by Gasteiger charge is 2.04. The smallest absolute Gasteiger partial charge is 0.257 e. The van der Waals surface area contributed by atoms with Gasteiger partial charge in [-0.1, -0.05) is 18.2 Å². The van der Waals surface area contributed by atoms with E-state index in [4.69, 9.17) is 5.73 Å². The van der Waals surface area contributed by atoms with Gasteiger partial charge in [0.15, 0.2) is 0 Å². The number of carbonyl (C=O) groups excluding carboxylic acids is 2. The Hall–Kier alpha value is -1.84. The van der Waals surface area contributed by atoms with Crippen LogP contribution in [0.1, 0.15) is 10.4 Å². The van der Waals surface area contributed by atoms with Crippen LogP contribution in [0.25, 0.3) is 0 Å². The molecule has 0 heterocycles. The quantitative estimate of drug-likeness (QED) is 0.717. The van der Waals surface area contributed by atoms with Gasteiger partial charge in [0.05, 0.1) is 6.54 Å². The predicted octanol–water partition coefficient (Wildman–Crippen LogP) is 0.226. The van der Waals surface area contributed by atoms with Crippen LogP contribution in [0.15, 0.2) is 30.3 Å². The molecular formula is C9H9N2O2. The summed E-state index contributed by atoms with van der Waals surface area (Å²) >= 11 is 0. The first kappa shape index (κ1) is 9.25. The molecule has 0 bridgehead atoms. The second-order valence-electron chi connectivity index (χ2n) is 2.47. The number of hydrogen-bond donors (Lipinski definition) is 1. The van der Waals surface area contributed by atoms with E-state index in [0.29, 0.717) is 5.56 Å². The molecule has 13 heavy (non-hydrogen) atoms. The van der Waals surface area contributed by atoms with Crippen molar-refractivity contribution >= 4 is 11.8 Å². The minimum absolute atomic E-state index is 0.242. The second kappa shape index (κ2) is 4.25. The fourth-order valence-electron chi connectivity index (χ4n) is 0.852. The average Bonchev–Trinajstić information content (AvgIpc) is 2.15. The molecule has 0 unspecified atom stereocenters. The summed E-state index contributed by atoms with van der Waals surface area (Å²) < 4.78 is 0. The largest absolute Gasteiger partial charge is 0.343 e. The summed E-state index contributed by atoms with van der Waals surface area (Å²) in [6.07, 6.45) is 0. The van der Waals surface area contributed by atoms with Gasteiger partial charge in [-0.05, 0) is 12.1 Å². The van der Waals surface area contributed by atoms with E-state index in [1.807, 2.05) is 0 Å². The molecule has 0 aliphatic carbocycles. The lowest BCUT2D eigenvalue weighted by molar-refractivity contribution is -0.117. The van der Waals surface area contributed by atoms with E-state index in [2.05, 4.69) is 5.32 Å². The van der Waals surface area contributed by atoms with Gasteiger partial charge in [-0.2, -0.15) is 0 Å². The number of amides is 2. The van der Waals surface area contributed by atoms with Crippen molar-refractivity contribution in [2.24, 2.45) is 0 Å². The summed E-state index contributed by atoms with van der Waals surface area (Å²) in [5.41, 5.74) is 7.07. The first-order chi connectivity index (χ1) is 6.20. The fourth-order valence-corrected chi connectivity index (χ4v) is 0.852. The summed E-state index contributed by atoms with van der Waals surface area (Å²) in [5, 5.41) is 2.32. The molecule has 2 N–H and O–H groups in total. The first-order valence-corrected chi connectivity index (χ1v) is 3.78. The van der Waals surface area contributed by atoms with E-state index in [9.17, 15) is 9.59 Å². The van der Waals surface area contributed by atoms with Crippen molar-refractivity contribution in [3.8, 4) is 0 Å². The lowest BCUT2D eigenvalue weighted by atomic mass is 10.2. The van der Waals surface area contributed by atoms with Crippen LogP contribution in [0.2, 0.25) is 0 Å². The molecule has 67 valence electrons. The Morgan fingerprint density at radius 3 is 2.38 bits per heavy atom. The monoisotopic (exact) mass is 177 g/mol. The molecule has 4 heteroatoms. The number of hydrogen-bond acceptors (Lipinski definition) is 2. The van der Waals surface area contributed by atoms with Crippen LogP contribution < -0.4 is 11.1 Å². The molecule has 0 aromatic heterocycles. The SMILES string of the molecule is [NH]C(=O)CNC(=O)c1ccccc1. The maximum atomic E-state index is 11.2. The third-order valence-corrected chi connectivity index (χ3v) is 1.45. The van der Waals surface area contributed by atoms with E-state index in [0.717, 1.165) is 0 Å². The normalized spacial score (nSPS) is 9.23. The highest BCUT2D eigenvalue weighted by molar-refractivity contribution is 5.96. The topological polar surface area (TPSA) is 70.0 Å². The summed E-state index contributed by atoms with van der Waals surface area (Å²) in [4.78, 5) is 21.4. The molecular weight excluding hydrogens is 168 g/mol. The maximum Gasteiger partial charge on any atom is 0.257 e. The molecule has 4 nitrogen and oxygen atoms in total. The fraction of sp³-hybridized carbons (Fsp3) is 0.111. The molecule has 0 atom stereocenters. The van der Waals surface area contributed by atoms with Crippen molar-refractivity contribution in [1.82, 2.24) is 11.1 Å². The summed E-state index contributed by atoms with van der Waals surface area (Å²) in [5.74, 6) is -1.13. The highest BCUT2D eigenvalue weighted by atomic mass is 16.2. The zero-order valence-corrected chi connectivity index (χ0v) is 6.91. The molecule has 0 aliphatic heterocycles. The van der Waals surface area contributed by atoms with Crippen molar-refractivity contribution in [1.29, 1.82) is 0 Å². The molecule has 0 saturated heterocycles. The van der Waals surface area contributed by atoms with Gasteiger partial charge in [-0.25, -0.2) is 0 Å². The Morgan fingerprint density at radius 2 is 1.85 bits per heavy atom. The molecule has 1 rings (SSSR count). The van der Waals surface area contributed by atoms with Gasteiger partial charge in [0, 0.05) is 5.56 Å². The molecule has 1 aromatic carbocycles. The van der Waals surface area contributed by atoms with Crippen LogP contribution in [0.3, 0.4) is 0 Å². The third-order valence-electron chi connectivity index (χ3n) is 1.45. The van der Waals surface area contributed by atoms with Crippen molar-refractivity contribution in [2.45, 2.75) is 0 Å². The van der Waals surface area contributed by atoms with Gasteiger partial charge in [0.25, 0.3) is 11.8 Å². The Balaban J connectivity index is 2.54. The van der Waals surface area contributed by atoms with Crippen molar-refractivity contribution in [2.75, 3.05) is 6.54 Å². The maximum absolute atomic E-state index is 11.2. The zero-order chi connectivity index (χ0) is 9.68. The molecule has 0 spiro atoms. The molecule has 0 aliphatic rings. The Labute approximate surface area is 75.7 Å². The molecule has 0 fully saturated rings. The van der Waals surface area contributed by atoms with Crippen LogP contribution in [0.4, 0.5) is 0 Å². The minimum atomic E-state index is -0.802. The van der Waals surface area contributed by atoms with Crippen LogP contribution in [-0.4, -0.2) is 18.4 Å². The van der Waals surface area contributed by atoms with Gasteiger partial charge in [-0.3, -0.25) is 15.3 Å². The van der Waals surface area contributed by atoms with Gasteiger partial charge in [0.2, 0.25) is 0 Å². The van der Waals surface area contributed by atoms with Gasteiger partial charge >= 0.3 is 0 Å². The molecule has 1 radical (unpaired) electrons. The lowest BCUT2D eigenvalue weighted by Gasteiger charge is -2.00. The van der Waals surface area contributed by atoms with E-state index < -0.39 is 5.91 Å². The van der Waals surface area contributed by atoms with Crippen LogP contribution in [-0.2, 0) is 4.79 Å². The van der Waals surface area contributed by atoms with Crippen molar-refractivity contribution in [3.63, 3.8) is 0 Å². The minimum Gasteiger partial charge on any atom is -0.343 e. The number of nitrogens with one attached hydrogen (secondary N) is 2. The van der Waals surface area contributed by atoms with Gasteiger partial charge in [-0.15, -0.1) is 0 Å². The summed E-state index contributed by atoms with van der Waals surface area (Å²) in [7, 11) is 0. The predicted molar refractivity (Wildman–Crippen MR) is 46.9 cm³/mol. The van der Waals surface area contributed by atoms with Gasteiger partial charge < -0.3 is 5.32 Å².